The number of ketones is 1. The van der Waals surface area contributed by atoms with E-state index in [0.29, 0.717) is 24.8 Å². The van der Waals surface area contributed by atoms with Crippen LogP contribution in [0.5, 0.6) is 0 Å². The molecular weight excluding hydrogens is 556 g/mol. The monoisotopic (exact) mass is 598 g/mol. The second kappa shape index (κ2) is 8.93. The van der Waals surface area contributed by atoms with Gasteiger partial charge in [0.15, 0.2) is 12.1 Å². The van der Waals surface area contributed by atoms with Crippen LogP contribution < -0.4 is 0 Å². The molecule has 7 fully saturated rings. The lowest BCUT2D eigenvalue weighted by Crippen LogP contribution is -2.81. The largest absolute Gasteiger partial charge is 0.472 e. The summed E-state index contributed by atoms with van der Waals surface area (Å²) in [4.78, 5) is 54.2. The first-order valence-electron chi connectivity index (χ1n) is 15.6. The van der Waals surface area contributed by atoms with Crippen molar-refractivity contribution < 1.29 is 47.3 Å². The summed E-state index contributed by atoms with van der Waals surface area (Å²) in [6.45, 7) is 11.6. The van der Waals surface area contributed by atoms with Gasteiger partial charge >= 0.3 is 17.9 Å². The third-order valence-corrected chi connectivity index (χ3v) is 12.9. The fraction of sp³-hybridized carbons (Fsp3) is 0.758. The van der Waals surface area contributed by atoms with Crippen LogP contribution in [0.25, 0.3) is 0 Å². The van der Waals surface area contributed by atoms with Crippen molar-refractivity contribution in [2.75, 3.05) is 7.11 Å². The van der Waals surface area contributed by atoms with E-state index in [1.807, 2.05) is 13.8 Å². The van der Waals surface area contributed by atoms with Crippen LogP contribution in [-0.2, 0) is 38.1 Å². The molecule has 234 valence electrons. The lowest BCUT2D eigenvalue weighted by Gasteiger charge is -2.71. The van der Waals surface area contributed by atoms with E-state index in [-0.39, 0.29) is 48.3 Å². The summed E-state index contributed by atoms with van der Waals surface area (Å²) in [6, 6.07) is 1.66. The van der Waals surface area contributed by atoms with Crippen LogP contribution >= 0.6 is 0 Å². The number of methoxy groups -OCH3 is 1. The predicted molar refractivity (Wildman–Crippen MR) is 148 cm³/mol. The Morgan fingerprint density at radius 3 is 2.51 bits per heavy atom. The molecule has 12 unspecified atom stereocenters. The minimum Gasteiger partial charge on any atom is -0.472 e. The first-order valence-corrected chi connectivity index (χ1v) is 15.6. The molecule has 3 saturated heterocycles. The maximum Gasteiger partial charge on any atom is 0.308 e. The van der Waals surface area contributed by atoms with Gasteiger partial charge in [0.25, 0.3) is 0 Å². The summed E-state index contributed by atoms with van der Waals surface area (Å²) in [5.41, 5.74) is -3.82. The van der Waals surface area contributed by atoms with Crippen LogP contribution in [0.4, 0.5) is 0 Å². The van der Waals surface area contributed by atoms with E-state index < -0.39 is 63.8 Å². The summed E-state index contributed by atoms with van der Waals surface area (Å²) in [5, 5.41) is 0. The van der Waals surface area contributed by atoms with Crippen LogP contribution in [0.3, 0.4) is 0 Å². The minimum atomic E-state index is -1.11. The van der Waals surface area contributed by atoms with Crippen LogP contribution in [0.2, 0.25) is 0 Å². The number of carbonyl (C=O) groups excluding carboxylic acids is 4. The zero-order chi connectivity index (χ0) is 30.9. The molecule has 1 aromatic heterocycles. The maximum atomic E-state index is 14.3. The fourth-order valence-electron chi connectivity index (χ4n) is 11.4. The molecule has 12 atom stereocenters. The van der Waals surface area contributed by atoms with Crippen molar-refractivity contribution in [3.63, 3.8) is 0 Å². The number of carbonyl (C=O) groups is 4. The summed E-state index contributed by atoms with van der Waals surface area (Å²) >= 11 is 0. The lowest BCUT2D eigenvalue weighted by molar-refractivity contribution is -0.327. The van der Waals surface area contributed by atoms with E-state index in [1.54, 1.807) is 19.9 Å². The Morgan fingerprint density at radius 2 is 1.86 bits per heavy atom. The van der Waals surface area contributed by atoms with E-state index in [1.165, 1.54) is 19.6 Å². The zero-order valence-electron chi connectivity index (χ0n) is 26.0. The average molecular weight is 599 g/mol. The second-order valence-electron chi connectivity index (χ2n) is 14.9. The van der Waals surface area contributed by atoms with Crippen LogP contribution in [0, 0.1) is 45.8 Å². The Balaban J connectivity index is 1.47. The Labute approximate surface area is 251 Å². The van der Waals surface area contributed by atoms with Crippen molar-refractivity contribution >= 4 is 23.7 Å². The smallest absolute Gasteiger partial charge is 0.308 e. The second-order valence-corrected chi connectivity index (χ2v) is 14.9. The number of Topliss-reactive ketones (excluding diaryl/α,β-unsaturated/α-hetero) is 1. The Morgan fingerprint density at radius 1 is 1.12 bits per heavy atom. The fourth-order valence-corrected chi connectivity index (χ4v) is 11.4. The number of rotatable bonds is 6. The summed E-state index contributed by atoms with van der Waals surface area (Å²) < 4.78 is 37.3. The standard InChI is InChI=1S/C33H42O10/c1-16(2)28(37)41-26-24-27-33-19(8-10-29(4,21(33)13-23(35)40-27)25(36)18-9-11-39-14-18)31(6)20(12-22(34)38-7)30(26,5)15-32(24,31)42-17(3)43-33/h9,11,14,16-17,19-21,24,26-27H,8,10,12-13,15H2,1-7H3. The first kappa shape index (κ1) is 29.0. The minimum absolute atomic E-state index is 0.00496. The average Bonchev–Trinajstić information content (AvgIpc) is 3.57. The van der Waals surface area contributed by atoms with E-state index in [4.69, 9.17) is 28.1 Å². The third kappa shape index (κ3) is 3.27. The van der Waals surface area contributed by atoms with Crippen LogP contribution in [0.15, 0.2) is 23.0 Å². The molecule has 7 aliphatic rings. The molecule has 4 saturated carbocycles. The quantitative estimate of drug-likeness (QED) is 0.263. The molecule has 10 heteroatoms. The molecule has 0 radical (unpaired) electrons. The van der Waals surface area contributed by atoms with Crippen molar-refractivity contribution in [3.05, 3.63) is 24.2 Å². The molecule has 0 aromatic carbocycles. The number of fused-ring (bicyclic) bond motifs is 3. The predicted octanol–water partition coefficient (Wildman–Crippen LogP) is 4.49. The highest BCUT2D eigenvalue weighted by molar-refractivity contribution is 6.00. The first-order chi connectivity index (χ1) is 20.2. The molecule has 2 spiro atoms. The molecule has 0 N–H and O–H groups in total. The topological polar surface area (TPSA) is 128 Å². The van der Waals surface area contributed by atoms with E-state index >= 15 is 0 Å². The zero-order valence-corrected chi connectivity index (χ0v) is 26.0. The highest BCUT2D eigenvalue weighted by atomic mass is 16.7. The van der Waals surface area contributed by atoms with Gasteiger partial charge < -0.3 is 28.1 Å². The molecular formula is C33H42O10. The Hall–Kier alpha value is -2.72. The van der Waals surface area contributed by atoms with Gasteiger partial charge in [-0.2, -0.15) is 0 Å². The number of furan rings is 1. The molecule has 4 aliphatic carbocycles. The molecule has 3 aliphatic heterocycles. The SMILES string of the molecule is COC(=O)CC1C2(C)CC34OC(C)OC56C(OC(=O)CC5C(C)(C(=O)c5ccoc5)CCC6C13C)C4C2OC(=O)C(C)C. The number of esters is 3. The van der Waals surface area contributed by atoms with E-state index in [9.17, 15) is 19.2 Å². The van der Waals surface area contributed by atoms with Gasteiger partial charge in [0.1, 0.15) is 24.1 Å². The highest BCUT2D eigenvalue weighted by Crippen LogP contribution is 2.84. The van der Waals surface area contributed by atoms with Gasteiger partial charge in [-0.05, 0) is 38.2 Å². The van der Waals surface area contributed by atoms with Gasteiger partial charge in [-0.3, -0.25) is 19.2 Å². The van der Waals surface area contributed by atoms with Crippen LogP contribution in [-0.4, -0.2) is 60.5 Å². The molecule has 10 nitrogen and oxygen atoms in total. The Kier molecular flexibility index (Phi) is 6.03. The van der Waals surface area contributed by atoms with E-state index in [0.717, 1.165) is 0 Å². The van der Waals surface area contributed by atoms with Crippen molar-refractivity contribution in [2.24, 2.45) is 45.8 Å². The molecule has 0 amide bonds. The van der Waals surface area contributed by atoms with Gasteiger partial charge in [-0.1, -0.05) is 34.6 Å². The van der Waals surface area contributed by atoms with Gasteiger partial charge in [-0.15, -0.1) is 0 Å². The molecule has 4 heterocycles. The van der Waals surface area contributed by atoms with Crippen molar-refractivity contribution in [1.29, 1.82) is 0 Å². The molecule has 8 rings (SSSR count). The van der Waals surface area contributed by atoms with Gasteiger partial charge in [0, 0.05) is 34.5 Å². The Bertz CT molecular complexity index is 1390. The van der Waals surface area contributed by atoms with Gasteiger partial charge in [0.2, 0.25) is 0 Å². The molecule has 1 aromatic rings. The van der Waals surface area contributed by atoms with Gasteiger partial charge in [0.05, 0.1) is 42.8 Å². The van der Waals surface area contributed by atoms with E-state index in [2.05, 4.69) is 13.8 Å². The molecule has 43 heavy (non-hydrogen) atoms. The highest BCUT2D eigenvalue weighted by Gasteiger charge is 2.91. The summed E-state index contributed by atoms with van der Waals surface area (Å²) in [5.74, 6) is -3.16. The normalized spacial score (nSPS) is 48.8. The number of hydrogen-bond acceptors (Lipinski definition) is 10. The van der Waals surface area contributed by atoms with Crippen molar-refractivity contribution in [1.82, 2.24) is 0 Å². The van der Waals surface area contributed by atoms with Crippen molar-refractivity contribution in [2.45, 2.75) is 103 Å². The summed E-state index contributed by atoms with van der Waals surface area (Å²) in [7, 11) is 1.39. The number of ether oxygens (including phenoxy) is 5. The number of hydrogen-bond donors (Lipinski definition) is 0. The van der Waals surface area contributed by atoms with Gasteiger partial charge in [-0.25, -0.2) is 0 Å². The lowest BCUT2D eigenvalue weighted by atomic mass is 9.36. The third-order valence-electron chi connectivity index (χ3n) is 12.9. The van der Waals surface area contributed by atoms with Crippen LogP contribution in [0.1, 0.15) is 84.0 Å². The molecule has 3 bridgehead atoms. The maximum absolute atomic E-state index is 14.3. The summed E-state index contributed by atoms with van der Waals surface area (Å²) in [6.07, 6.45) is 2.51. The van der Waals surface area contributed by atoms with Crippen molar-refractivity contribution in [3.8, 4) is 0 Å².